The summed E-state index contributed by atoms with van der Waals surface area (Å²) >= 11 is 1.46. The van der Waals surface area contributed by atoms with Gasteiger partial charge in [-0.1, -0.05) is 38.1 Å². The predicted molar refractivity (Wildman–Crippen MR) is 107 cm³/mol. The second-order valence-corrected chi connectivity index (χ2v) is 7.27. The number of nitrogens with zero attached hydrogens (tertiary/aromatic N) is 2. The average Bonchev–Trinajstić information content (AvgIpc) is 3.06. The summed E-state index contributed by atoms with van der Waals surface area (Å²) in [6, 6.07) is 7.48. The van der Waals surface area contributed by atoms with Crippen molar-refractivity contribution in [1.82, 2.24) is 9.55 Å². The SMILES string of the molecule is CCCc1nc2scc(-c3ccc(CC)cc3)c2c(=O)n1C(C)C(N)=O. The molecule has 6 heteroatoms. The molecule has 0 saturated carbocycles. The van der Waals surface area contributed by atoms with E-state index in [1.54, 1.807) is 6.92 Å². The number of amides is 1. The summed E-state index contributed by atoms with van der Waals surface area (Å²) < 4.78 is 1.46. The predicted octanol–water partition coefficient (Wildman–Crippen LogP) is 3.69. The van der Waals surface area contributed by atoms with Crippen molar-refractivity contribution in [1.29, 1.82) is 0 Å². The van der Waals surface area contributed by atoms with E-state index < -0.39 is 11.9 Å². The molecule has 2 aromatic heterocycles. The topological polar surface area (TPSA) is 78.0 Å². The van der Waals surface area contributed by atoms with Crippen LogP contribution in [0.15, 0.2) is 34.4 Å². The number of thiophene rings is 1. The molecule has 3 aromatic rings. The number of aryl methyl sites for hydroxylation is 2. The third-order valence-corrected chi connectivity index (χ3v) is 5.53. The smallest absolute Gasteiger partial charge is 0.263 e. The average molecular weight is 369 g/mol. The van der Waals surface area contributed by atoms with Crippen LogP contribution in [0.1, 0.15) is 44.6 Å². The van der Waals surface area contributed by atoms with Crippen LogP contribution in [-0.4, -0.2) is 15.5 Å². The number of aromatic nitrogens is 2. The van der Waals surface area contributed by atoms with Gasteiger partial charge in [0.05, 0.1) is 5.39 Å². The molecule has 2 N–H and O–H groups in total. The summed E-state index contributed by atoms with van der Waals surface area (Å²) in [4.78, 5) is 30.4. The summed E-state index contributed by atoms with van der Waals surface area (Å²) in [5.41, 5.74) is 8.37. The van der Waals surface area contributed by atoms with E-state index in [4.69, 9.17) is 5.73 Å². The summed E-state index contributed by atoms with van der Waals surface area (Å²) in [5, 5.41) is 2.53. The van der Waals surface area contributed by atoms with Crippen molar-refractivity contribution in [3.63, 3.8) is 0 Å². The van der Waals surface area contributed by atoms with E-state index in [0.29, 0.717) is 22.5 Å². The van der Waals surface area contributed by atoms with E-state index in [1.165, 1.54) is 21.5 Å². The minimum absolute atomic E-state index is 0.194. The van der Waals surface area contributed by atoms with Crippen molar-refractivity contribution >= 4 is 27.5 Å². The lowest BCUT2D eigenvalue weighted by Crippen LogP contribution is -2.35. The molecule has 0 spiro atoms. The molecule has 0 bridgehead atoms. The van der Waals surface area contributed by atoms with Crippen LogP contribution in [-0.2, 0) is 17.6 Å². The lowest BCUT2D eigenvalue weighted by Gasteiger charge is -2.16. The number of carbonyl (C=O) groups is 1. The maximum atomic E-state index is 13.3. The van der Waals surface area contributed by atoms with Crippen LogP contribution in [0.3, 0.4) is 0 Å². The molecule has 2 heterocycles. The molecule has 1 atom stereocenters. The van der Waals surface area contributed by atoms with Crippen LogP contribution < -0.4 is 11.3 Å². The third-order valence-electron chi connectivity index (χ3n) is 4.66. The van der Waals surface area contributed by atoms with Gasteiger partial charge in [-0.25, -0.2) is 4.98 Å². The molecule has 0 aliphatic rings. The first-order chi connectivity index (χ1) is 12.5. The minimum Gasteiger partial charge on any atom is -0.368 e. The molecular formula is C20H23N3O2S. The molecule has 1 unspecified atom stereocenters. The second-order valence-electron chi connectivity index (χ2n) is 6.41. The van der Waals surface area contributed by atoms with Gasteiger partial charge < -0.3 is 5.73 Å². The molecule has 1 amide bonds. The highest BCUT2D eigenvalue weighted by atomic mass is 32.1. The van der Waals surface area contributed by atoms with Crippen LogP contribution in [0.2, 0.25) is 0 Å². The molecule has 0 radical (unpaired) electrons. The second kappa shape index (κ2) is 7.41. The normalized spacial score (nSPS) is 12.4. The summed E-state index contributed by atoms with van der Waals surface area (Å²) in [6.07, 6.45) is 2.43. The highest BCUT2D eigenvalue weighted by molar-refractivity contribution is 7.17. The van der Waals surface area contributed by atoms with Crippen LogP contribution in [0, 0.1) is 0 Å². The Morgan fingerprint density at radius 3 is 2.54 bits per heavy atom. The maximum Gasteiger partial charge on any atom is 0.263 e. The van der Waals surface area contributed by atoms with Gasteiger partial charge in [0.25, 0.3) is 5.56 Å². The first-order valence-electron chi connectivity index (χ1n) is 8.89. The standard InChI is InChI=1S/C20H23N3O2S/c1-4-6-16-22-19-17(20(25)23(16)12(3)18(21)24)15(11-26-19)14-9-7-13(5-2)8-10-14/h7-12H,4-6H2,1-3H3,(H2,21,24). The van der Waals surface area contributed by atoms with Crippen molar-refractivity contribution in [2.24, 2.45) is 5.73 Å². The van der Waals surface area contributed by atoms with Gasteiger partial charge in [0, 0.05) is 17.4 Å². The monoisotopic (exact) mass is 369 g/mol. The quantitative estimate of drug-likeness (QED) is 0.720. The Morgan fingerprint density at radius 1 is 1.27 bits per heavy atom. The zero-order valence-corrected chi connectivity index (χ0v) is 16.1. The van der Waals surface area contributed by atoms with Gasteiger partial charge in [0.1, 0.15) is 16.7 Å². The molecule has 0 aliphatic heterocycles. The molecule has 136 valence electrons. The molecule has 1 aromatic carbocycles. The molecule has 3 rings (SSSR count). The first-order valence-corrected chi connectivity index (χ1v) is 9.77. The van der Waals surface area contributed by atoms with Crippen LogP contribution >= 0.6 is 11.3 Å². The minimum atomic E-state index is -0.726. The third kappa shape index (κ3) is 3.17. The fourth-order valence-corrected chi connectivity index (χ4v) is 4.06. The Morgan fingerprint density at radius 2 is 1.96 bits per heavy atom. The number of rotatable bonds is 6. The van der Waals surface area contributed by atoms with Gasteiger partial charge in [-0.3, -0.25) is 14.2 Å². The molecule has 0 fully saturated rings. The fraction of sp³-hybridized carbons (Fsp3) is 0.350. The van der Waals surface area contributed by atoms with E-state index >= 15 is 0 Å². The summed E-state index contributed by atoms with van der Waals surface area (Å²) in [7, 11) is 0. The Balaban J connectivity index is 2.26. The van der Waals surface area contributed by atoms with E-state index in [9.17, 15) is 9.59 Å². The number of benzene rings is 1. The molecule has 5 nitrogen and oxygen atoms in total. The Kier molecular flexibility index (Phi) is 5.23. The van der Waals surface area contributed by atoms with Crippen LogP contribution in [0.4, 0.5) is 0 Å². The maximum absolute atomic E-state index is 13.3. The van der Waals surface area contributed by atoms with Crippen molar-refractivity contribution < 1.29 is 4.79 Å². The number of primary amides is 1. The fourth-order valence-electron chi connectivity index (χ4n) is 3.10. The van der Waals surface area contributed by atoms with E-state index in [0.717, 1.165) is 24.0 Å². The number of nitrogens with two attached hydrogens (primary N) is 1. The Labute approximate surface area is 156 Å². The molecule has 0 aliphatic carbocycles. The van der Waals surface area contributed by atoms with E-state index in [1.807, 2.05) is 24.4 Å². The van der Waals surface area contributed by atoms with Gasteiger partial charge in [-0.15, -0.1) is 11.3 Å². The first kappa shape index (κ1) is 18.3. The number of hydrogen-bond acceptors (Lipinski definition) is 4. The van der Waals surface area contributed by atoms with E-state index in [2.05, 4.69) is 24.0 Å². The van der Waals surface area contributed by atoms with E-state index in [-0.39, 0.29) is 5.56 Å². The molecular weight excluding hydrogens is 346 g/mol. The zero-order valence-electron chi connectivity index (χ0n) is 15.3. The lowest BCUT2D eigenvalue weighted by atomic mass is 10.0. The van der Waals surface area contributed by atoms with Crippen molar-refractivity contribution in [2.75, 3.05) is 0 Å². The highest BCUT2D eigenvalue weighted by Gasteiger charge is 2.22. The van der Waals surface area contributed by atoms with Crippen molar-refractivity contribution in [2.45, 2.75) is 46.1 Å². The number of carbonyl (C=O) groups excluding carboxylic acids is 1. The van der Waals surface area contributed by atoms with Crippen LogP contribution in [0.25, 0.3) is 21.3 Å². The number of fused-ring (bicyclic) bond motifs is 1. The highest BCUT2D eigenvalue weighted by Crippen LogP contribution is 2.31. The molecule has 0 saturated heterocycles. The zero-order chi connectivity index (χ0) is 18.8. The largest absolute Gasteiger partial charge is 0.368 e. The van der Waals surface area contributed by atoms with Crippen LogP contribution in [0.5, 0.6) is 0 Å². The van der Waals surface area contributed by atoms with Gasteiger partial charge in [-0.05, 0) is 30.9 Å². The Hall–Kier alpha value is -2.47. The molecule has 26 heavy (non-hydrogen) atoms. The summed E-state index contributed by atoms with van der Waals surface area (Å²) in [5.74, 6) is 0.0840. The lowest BCUT2D eigenvalue weighted by molar-refractivity contribution is -0.120. The van der Waals surface area contributed by atoms with Crippen molar-refractivity contribution in [3.05, 3.63) is 51.4 Å². The van der Waals surface area contributed by atoms with Gasteiger partial charge >= 0.3 is 0 Å². The van der Waals surface area contributed by atoms with Gasteiger partial charge in [0.2, 0.25) is 5.91 Å². The van der Waals surface area contributed by atoms with Crippen molar-refractivity contribution in [3.8, 4) is 11.1 Å². The Bertz CT molecular complexity index is 1000. The summed E-state index contributed by atoms with van der Waals surface area (Å²) in [6.45, 7) is 5.78. The van der Waals surface area contributed by atoms with Gasteiger partial charge in [0.15, 0.2) is 0 Å². The number of hydrogen-bond donors (Lipinski definition) is 1. The van der Waals surface area contributed by atoms with Gasteiger partial charge in [-0.2, -0.15) is 0 Å².